The van der Waals surface area contributed by atoms with Crippen molar-refractivity contribution in [3.8, 4) is 0 Å². The molecule has 3 N–H and O–H groups in total. The zero-order valence-electron chi connectivity index (χ0n) is 16.5. The van der Waals surface area contributed by atoms with Gasteiger partial charge in [0.1, 0.15) is 5.82 Å². The summed E-state index contributed by atoms with van der Waals surface area (Å²) < 4.78 is 13.5. The van der Waals surface area contributed by atoms with Gasteiger partial charge in [0.2, 0.25) is 5.91 Å². The second-order valence-electron chi connectivity index (χ2n) is 6.28. The SMILES string of the molecule is CCNC(=NCc1cccc(NC(C)=O)c1)NCc1ccc(F)cc1CSC. The maximum Gasteiger partial charge on any atom is 0.221 e. The maximum atomic E-state index is 13.5. The van der Waals surface area contributed by atoms with Crippen LogP contribution >= 0.6 is 11.8 Å². The van der Waals surface area contributed by atoms with Crippen LogP contribution in [0.4, 0.5) is 10.1 Å². The first-order chi connectivity index (χ1) is 13.5. The predicted octanol–water partition coefficient (Wildman–Crippen LogP) is 3.90. The summed E-state index contributed by atoms with van der Waals surface area (Å²) in [6.07, 6.45) is 2.00. The molecule has 2 aromatic carbocycles. The van der Waals surface area contributed by atoms with Crippen LogP contribution in [0.25, 0.3) is 0 Å². The van der Waals surface area contributed by atoms with Gasteiger partial charge in [0.05, 0.1) is 6.54 Å². The van der Waals surface area contributed by atoms with Crippen molar-refractivity contribution in [2.45, 2.75) is 32.7 Å². The van der Waals surface area contributed by atoms with Crippen LogP contribution in [-0.4, -0.2) is 24.7 Å². The number of aliphatic imine (C=N–C) groups is 1. The van der Waals surface area contributed by atoms with Crippen LogP contribution < -0.4 is 16.0 Å². The smallest absolute Gasteiger partial charge is 0.221 e. The minimum Gasteiger partial charge on any atom is -0.357 e. The molecule has 0 fully saturated rings. The van der Waals surface area contributed by atoms with Crippen LogP contribution in [0.5, 0.6) is 0 Å². The van der Waals surface area contributed by atoms with Gasteiger partial charge in [-0.15, -0.1) is 0 Å². The number of hydrogen-bond acceptors (Lipinski definition) is 3. The number of carbonyl (C=O) groups excluding carboxylic acids is 1. The fourth-order valence-electron chi connectivity index (χ4n) is 2.70. The number of anilines is 1. The van der Waals surface area contributed by atoms with E-state index in [0.29, 0.717) is 19.0 Å². The van der Waals surface area contributed by atoms with Crippen molar-refractivity contribution in [3.05, 3.63) is 65.0 Å². The van der Waals surface area contributed by atoms with E-state index in [1.165, 1.54) is 13.0 Å². The number of hydrogen-bond donors (Lipinski definition) is 3. The fraction of sp³-hybridized carbons (Fsp3) is 0.333. The Hall–Kier alpha value is -2.54. The number of carbonyl (C=O) groups is 1. The normalized spacial score (nSPS) is 11.2. The minimum absolute atomic E-state index is 0.101. The summed E-state index contributed by atoms with van der Waals surface area (Å²) in [4.78, 5) is 15.8. The second kappa shape index (κ2) is 11.3. The summed E-state index contributed by atoms with van der Waals surface area (Å²) in [6.45, 7) is 5.26. The van der Waals surface area contributed by atoms with Crippen molar-refractivity contribution in [1.82, 2.24) is 10.6 Å². The third kappa shape index (κ3) is 7.23. The van der Waals surface area contributed by atoms with Gasteiger partial charge < -0.3 is 16.0 Å². The van der Waals surface area contributed by atoms with Crippen molar-refractivity contribution < 1.29 is 9.18 Å². The van der Waals surface area contributed by atoms with E-state index in [2.05, 4.69) is 20.9 Å². The molecule has 0 bridgehead atoms. The lowest BCUT2D eigenvalue weighted by Gasteiger charge is -2.14. The van der Waals surface area contributed by atoms with Crippen LogP contribution in [0.15, 0.2) is 47.5 Å². The van der Waals surface area contributed by atoms with Crippen molar-refractivity contribution in [3.63, 3.8) is 0 Å². The standard InChI is InChI=1S/C21H27FN4OS/c1-4-23-21(24-12-16-6-5-7-20(10-16)26-15(2)27)25-13-17-8-9-19(22)11-18(17)14-28-3/h5-11H,4,12-14H2,1-3H3,(H,26,27)(H2,23,24,25). The van der Waals surface area contributed by atoms with Crippen LogP contribution in [0.2, 0.25) is 0 Å². The van der Waals surface area contributed by atoms with E-state index >= 15 is 0 Å². The lowest BCUT2D eigenvalue weighted by Crippen LogP contribution is -2.37. The molecule has 150 valence electrons. The Morgan fingerprint density at radius 1 is 1.14 bits per heavy atom. The van der Waals surface area contributed by atoms with Gasteiger partial charge >= 0.3 is 0 Å². The van der Waals surface area contributed by atoms with Gasteiger partial charge in [-0.2, -0.15) is 11.8 Å². The highest BCUT2D eigenvalue weighted by Gasteiger charge is 2.06. The molecular weight excluding hydrogens is 375 g/mol. The number of halogens is 1. The van der Waals surface area contributed by atoms with Crippen molar-refractivity contribution in [2.24, 2.45) is 4.99 Å². The fourth-order valence-corrected chi connectivity index (χ4v) is 3.28. The zero-order chi connectivity index (χ0) is 20.4. The molecular formula is C21H27FN4OS. The number of thioether (sulfide) groups is 1. The summed E-state index contributed by atoms with van der Waals surface area (Å²) in [6, 6.07) is 12.5. The van der Waals surface area contributed by atoms with E-state index in [4.69, 9.17) is 0 Å². The molecule has 0 radical (unpaired) electrons. The first kappa shape index (κ1) is 21.8. The second-order valence-corrected chi connectivity index (χ2v) is 7.14. The summed E-state index contributed by atoms with van der Waals surface area (Å²) >= 11 is 1.66. The molecule has 0 aliphatic heterocycles. The Labute approximate surface area is 170 Å². The number of amides is 1. The lowest BCUT2D eigenvalue weighted by molar-refractivity contribution is -0.114. The highest BCUT2D eigenvalue weighted by Crippen LogP contribution is 2.17. The van der Waals surface area contributed by atoms with Gasteiger partial charge in [-0.1, -0.05) is 18.2 Å². The molecule has 0 unspecified atom stereocenters. The molecule has 0 atom stereocenters. The Balaban J connectivity index is 2.06. The molecule has 0 saturated heterocycles. The quantitative estimate of drug-likeness (QED) is 0.463. The Kier molecular flexibility index (Phi) is 8.81. The number of rotatable bonds is 8. The number of nitrogens with one attached hydrogen (secondary N) is 3. The highest BCUT2D eigenvalue weighted by atomic mass is 32.2. The number of nitrogens with zero attached hydrogens (tertiary/aromatic N) is 1. The van der Waals surface area contributed by atoms with Crippen molar-refractivity contribution in [1.29, 1.82) is 0 Å². The summed E-state index contributed by atoms with van der Waals surface area (Å²) in [7, 11) is 0. The molecule has 0 spiro atoms. The van der Waals surface area contributed by atoms with Crippen LogP contribution in [0.1, 0.15) is 30.5 Å². The van der Waals surface area contributed by atoms with Crippen molar-refractivity contribution >= 4 is 29.3 Å². The summed E-state index contributed by atoms with van der Waals surface area (Å²) in [5, 5.41) is 9.31. The van der Waals surface area contributed by atoms with Crippen LogP contribution in [0, 0.1) is 5.82 Å². The molecule has 2 rings (SSSR count). The van der Waals surface area contributed by atoms with E-state index < -0.39 is 0 Å². The topological polar surface area (TPSA) is 65.5 Å². The summed E-state index contributed by atoms with van der Waals surface area (Å²) in [5.41, 5.74) is 3.78. The first-order valence-corrected chi connectivity index (χ1v) is 10.6. The van der Waals surface area contributed by atoms with E-state index in [1.807, 2.05) is 43.5 Å². The third-order valence-corrected chi connectivity index (χ3v) is 4.53. The molecule has 0 aromatic heterocycles. The van der Waals surface area contributed by atoms with Crippen LogP contribution in [0.3, 0.4) is 0 Å². The lowest BCUT2D eigenvalue weighted by atomic mass is 10.1. The maximum absolute atomic E-state index is 13.5. The molecule has 0 heterocycles. The molecule has 28 heavy (non-hydrogen) atoms. The van der Waals surface area contributed by atoms with Crippen molar-refractivity contribution in [2.75, 3.05) is 18.1 Å². The van der Waals surface area contributed by atoms with E-state index in [0.717, 1.165) is 34.7 Å². The largest absolute Gasteiger partial charge is 0.357 e. The van der Waals surface area contributed by atoms with Gasteiger partial charge in [0.15, 0.2) is 5.96 Å². The molecule has 0 aliphatic rings. The average molecular weight is 403 g/mol. The molecule has 0 saturated carbocycles. The van der Waals surface area contributed by atoms with E-state index in [-0.39, 0.29) is 11.7 Å². The highest BCUT2D eigenvalue weighted by molar-refractivity contribution is 7.97. The third-order valence-electron chi connectivity index (χ3n) is 3.93. The predicted molar refractivity (Wildman–Crippen MR) is 116 cm³/mol. The van der Waals surface area contributed by atoms with Gasteiger partial charge in [0, 0.05) is 31.5 Å². The molecule has 0 aliphatic carbocycles. The molecule has 5 nitrogen and oxygen atoms in total. The van der Waals surface area contributed by atoms with Crippen LogP contribution in [-0.2, 0) is 23.6 Å². The molecule has 1 amide bonds. The Morgan fingerprint density at radius 2 is 1.96 bits per heavy atom. The minimum atomic E-state index is -0.215. The molecule has 7 heteroatoms. The summed E-state index contributed by atoms with van der Waals surface area (Å²) in [5.74, 6) is 1.13. The average Bonchev–Trinajstić information content (AvgIpc) is 2.65. The number of benzene rings is 2. The van der Waals surface area contributed by atoms with E-state index in [9.17, 15) is 9.18 Å². The Bertz CT molecular complexity index is 826. The van der Waals surface area contributed by atoms with Gasteiger partial charge in [0.25, 0.3) is 0 Å². The van der Waals surface area contributed by atoms with Gasteiger partial charge in [-0.25, -0.2) is 9.38 Å². The van der Waals surface area contributed by atoms with Gasteiger partial charge in [-0.05, 0) is 54.1 Å². The first-order valence-electron chi connectivity index (χ1n) is 9.16. The zero-order valence-corrected chi connectivity index (χ0v) is 17.3. The number of guanidine groups is 1. The molecule has 2 aromatic rings. The van der Waals surface area contributed by atoms with E-state index in [1.54, 1.807) is 17.8 Å². The van der Waals surface area contributed by atoms with Gasteiger partial charge in [-0.3, -0.25) is 4.79 Å². The Morgan fingerprint density at radius 3 is 2.68 bits per heavy atom. The monoisotopic (exact) mass is 402 g/mol.